The normalized spacial score (nSPS) is 14.0. The minimum atomic E-state index is -0.0220. The Balaban J connectivity index is 1.77. The van der Waals surface area contributed by atoms with Gasteiger partial charge in [0.2, 0.25) is 0 Å². The van der Waals surface area contributed by atoms with Gasteiger partial charge in [-0.2, -0.15) is 0 Å². The van der Waals surface area contributed by atoms with Gasteiger partial charge in [0, 0.05) is 59.3 Å². The van der Waals surface area contributed by atoms with Crippen molar-refractivity contribution in [1.82, 2.24) is 19.8 Å². The first-order valence-electron chi connectivity index (χ1n) is 10.5. The topological polar surface area (TPSA) is 50.2 Å². The number of aryl methyl sites for hydroxylation is 2. The third-order valence-electron chi connectivity index (χ3n) is 6.28. The molecule has 0 spiro atoms. The Morgan fingerprint density at radius 2 is 1.90 bits per heavy atom. The molecule has 1 unspecified atom stereocenters. The molecule has 4 rings (SSSR count). The summed E-state index contributed by atoms with van der Waals surface area (Å²) >= 11 is 0. The van der Waals surface area contributed by atoms with Crippen LogP contribution < -0.4 is 5.32 Å². The third-order valence-corrected chi connectivity index (χ3v) is 6.28. The Morgan fingerprint density at radius 3 is 2.63 bits per heavy atom. The van der Waals surface area contributed by atoms with Crippen LogP contribution in [0, 0.1) is 12.8 Å². The molecular weight excluding hydrogens is 372 g/mol. The fourth-order valence-corrected chi connectivity index (χ4v) is 4.53. The summed E-state index contributed by atoms with van der Waals surface area (Å²) in [4.78, 5) is 19.4. The Bertz CT molecular complexity index is 1250. The number of aromatic nitrogens is 2. The van der Waals surface area contributed by atoms with Crippen LogP contribution >= 0.6 is 0 Å². The van der Waals surface area contributed by atoms with Crippen molar-refractivity contribution < 1.29 is 4.79 Å². The highest BCUT2D eigenvalue weighted by molar-refractivity contribution is 6.15. The summed E-state index contributed by atoms with van der Waals surface area (Å²) in [6, 6.07) is 10.4. The summed E-state index contributed by atoms with van der Waals surface area (Å²) in [7, 11) is 6.21. The number of nitrogens with one attached hydrogen (secondary N) is 1. The van der Waals surface area contributed by atoms with Crippen LogP contribution in [0.2, 0.25) is 0 Å². The van der Waals surface area contributed by atoms with Crippen LogP contribution in [-0.2, 0) is 7.05 Å². The fraction of sp³-hybridized carbons (Fsp3) is 0.360. The Kier molecular flexibility index (Phi) is 5.24. The number of fused-ring (bicyclic) bond motifs is 4. The van der Waals surface area contributed by atoms with Gasteiger partial charge in [0.15, 0.2) is 0 Å². The van der Waals surface area contributed by atoms with Crippen LogP contribution in [0.1, 0.15) is 29.8 Å². The molecule has 0 fully saturated rings. The van der Waals surface area contributed by atoms with Gasteiger partial charge in [0.1, 0.15) is 0 Å². The van der Waals surface area contributed by atoms with Crippen molar-refractivity contribution in [1.29, 1.82) is 0 Å². The summed E-state index contributed by atoms with van der Waals surface area (Å²) in [6.45, 7) is 7.33. The van der Waals surface area contributed by atoms with E-state index in [1.165, 1.54) is 16.5 Å². The SMILES string of the molecule is Cc1c2ccncc2cc2c3cc(C(=O)NC(C)[C@H](C)CN(C)C)ccc3n(C)c12. The quantitative estimate of drug-likeness (QED) is 0.535. The molecule has 2 aromatic heterocycles. The summed E-state index contributed by atoms with van der Waals surface area (Å²) in [5.41, 5.74) is 4.26. The number of nitrogens with zero attached hydrogens (tertiary/aromatic N) is 3. The molecule has 0 aliphatic heterocycles. The number of hydrogen-bond acceptors (Lipinski definition) is 3. The van der Waals surface area contributed by atoms with E-state index in [-0.39, 0.29) is 11.9 Å². The van der Waals surface area contributed by atoms with Crippen LogP contribution in [0.4, 0.5) is 0 Å². The lowest BCUT2D eigenvalue weighted by Crippen LogP contribution is -2.40. The van der Waals surface area contributed by atoms with E-state index >= 15 is 0 Å². The predicted octanol–water partition coefficient (Wildman–Crippen LogP) is 4.50. The van der Waals surface area contributed by atoms with E-state index in [0.717, 1.165) is 28.2 Å². The van der Waals surface area contributed by atoms with E-state index in [0.29, 0.717) is 11.5 Å². The standard InChI is InChI=1S/C25H30N4O/c1-15(14-28(4)5)17(3)27-25(30)18-7-8-23-21(11-18)22-12-19-13-26-10-9-20(19)16(2)24(22)29(23)6/h7-13,15,17H,14H2,1-6H3,(H,27,30)/t15-,17?/m1/s1. The van der Waals surface area contributed by atoms with Crippen molar-refractivity contribution in [3.63, 3.8) is 0 Å². The van der Waals surface area contributed by atoms with Crippen molar-refractivity contribution in [3.05, 3.63) is 53.9 Å². The number of rotatable bonds is 5. The van der Waals surface area contributed by atoms with Crippen molar-refractivity contribution in [2.45, 2.75) is 26.8 Å². The predicted molar refractivity (Wildman–Crippen MR) is 125 cm³/mol. The lowest BCUT2D eigenvalue weighted by Gasteiger charge is -2.24. The number of amides is 1. The summed E-state index contributed by atoms with van der Waals surface area (Å²) < 4.78 is 2.23. The molecule has 156 valence electrons. The molecule has 2 atom stereocenters. The zero-order chi connectivity index (χ0) is 21.6. The largest absolute Gasteiger partial charge is 0.349 e. The lowest BCUT2D eigenvalue weighted by atomic mass is 10.0. The van der Waals surface area contributed by atoms with Gasteiger partial charge in [0.25, 0.3) is 5.91 Å². The first kappa shape index (κ1) is 20.4. The second-order valence-electron chi connectivity index (χ2n) is 8.79. The van der Waals surface area contributed by atoms with E-state index < -0.39 is 0 Å². The minimum absolute atomic E-state index is 0.0220. The van der Waals surface area contributed by atoms with Gasteiger partial charge in [0.05, 0.1) is 5.52 Å². The van der Waals surface area contributed by atoms with Crippen molar-refractivity contribution >= 4 is 38.5 Å². The Morgan fingerprint density at radius 1 is 1.13 bits per heavy atom. The van der Waals surface area contributed by atoms with Crippen LogP contribution in [0.5, 0.6) is 0 Å². The first-order chi connectivity index (χ1) is 14.3. The van der Waals surface area contributed by atoms with E-state index in [2.05, 4.69) is 79.9 Å². The molecule has 0 bridgehead atoms. The molecule has 2 aromatic carbocycles. The lowest BCUT2D eigenvalue weighted by molar-refractivity contribution is 0.0924. The minimum Gasteiger partial charge on any atom is -0.349 e. The maximum absolute atomic E-state index is 13.0. The van der Waals surface area contributed by atoms with Gasteiger partial charge in [-0.05, 0) is 75.1 Å². The monoisotopic (exact) mass is 402 g/mol. The van der Waals surface area contributed by atoms with Gasteiger partial charge in [-0.3, -0.25) is 9.78 Å². The molecule has 0 radical (unpaired) electrons. The first-order valence-corrected chi connectivity index (χ1v) is 10.5. The van der Waals surface area contributed by atoms with Gasteiger partial charge < -0.3 is 14.8 Å². The highest BCUT2D eigenvalue weighted by Gasteiger charge is 2.19. The van der Waals surface area contributed by atoms with Crippen LogP contribution in [0.25, 0.3) is 32.6 Å². The molecule has 1 N–H and O–H groups in total. The summed E-state index contributed by atoms with van der Waals surface area (Å²) in [5, 5.41) is 7.78. The molecule has 5 nitrogen and oxygen atoms in total. The van der Waals surface area contributed by atoms with Crippen LogP contribution in [0.3, 0.4) is 0 Å². The molecule has 1 amide bonds. The molecule has 0 aliphatic rings. The van der Waals surface area contributed by atoms with Crippen molar-refractivity contribution in [2.75, 3.05) is 20.6 Å². The summed E-state index contributed by atoms with van der Waals surface area (Å²) in [5.74, 6) is 0.345. The Hall–Kier alpha value is -2.92. The van der Waals surface area contributed by atoms with Crippen molar-refractivity contribution in [2.24, 2.45) is 13.0 Å². The number of pyridine rings is 1. The van der Waals surface area contributed by atoms with E-state index in [1.807, 2.05) is 24.5 Å². The molecule has 0 saturated carbocycles. The zero-order valence-corrected chi connectivity index (χ0v) is 18.7. The second kappa shape index (κ2) is 7.73. The third kappa shape index (κ3) is 3.43. The maximum Gasteiger partial charge on any atom is 0.251 e. The van der Waals surface area contributed by atoms with Crippen LogP contribution in [0.15, 0.2) is 42.7 Å². The average molecular weight is 403 g/mol. The molecule has 4 aromatic rings. The number of benzene rings is 2. The smallest absolute Gasteiger partial charge is 0.251 e. The molecular formula is C25H30N4O. The van der Waals surface area contributed by atoms with E-state index in [4.69, 9.17) is 0 Å². The fourth-order valence-electron chi connectivity index (χ4n) is 4.53. The van der Waals surface area contributed by atoms with Crippen molar-refractivity contribution in [3.8, 4) is 0 Å². The van der Waals surface area contributed by atoms with E-state index in [1.54, 1.807) is 0 Å². The summed E-state index contributed by atoms with van der Waals surface area (Å²) in [6.07, 6.45) is 3.75. The molecule has 0 saturated heterocycles. The number of carbonyl (C=O) groups is 1. The molecule has 5 heteroatoms. The average Bonchev–Trinajstić information content (AvgIpc) is 2.99. The highest BCUT2D eigenvalue weighted by atomic mass is 16.1. The van der Waals surface area contributed by atoms with Gasteiger partial charge >= 0.3 is 0 Å². The highest BCUT2D eigenvalue weighted by Crippen LogP contribution is 2.35. The molecule has 30 heavy (non-hydrogen) atoms. The van der Waals surface area contributed by atoms with Gasteiger partial charge in [-0.15, -0.1) is 0 Å². The molecule has 2 heterocycles. The second-order valence-corrected chi connectivity index (χ2v) is 8.79. The Labute approximate surface area is 177 Å². The number of carbonyl (C=O) groups excluding carboxylic acids is 1. The number of hydrogen-bond donors (Lipinski definition) is 1. The van der Waals surface area contributed by atoms with Crippen LogP contribution in [-0.4, -0.2) is 47.0 Å². The zero-order valence-electron chi connectivity index (χ0n) is 18.7. The van der Waals surface area contributed by atoms with Gasteiger partial charge in [-0.25, -0.2) is 0 Å². The molecule has 0 aliphatic carbocycles. The maximum atomic E-state index is 13.0. The van der Waals surface area contributed by atoms with Gasteiger partial charge in [-0.1, -0.05) is 6.92 Å². The van der Waals surface area contributed by atoms with E-state index in [9.17, 15) is 4.79 Å².